The predicted octanol–water partition coefficient (Wildman–Crippen LogP) is 4.14. The highest BCUT2D eigenvalue weighted by molar-refractivity contribution is 7.47. The second-order valence-electron chi connectivity index (χ2n) is 4.99. The average molecular weight is 248 g/mol. The third kappa shape index (κ3) is 3.25. The number of nitrogens with zero attached hydrogens (tertiary/aromatic N) is 1. The monoisotopic (exact) mass is 248 g/mol. The summed E-state index contributed by atoms with van der Waals surface area (Å²) in [5.41, 5.74) is 8.62. The third-order valence-corrected chi connectivity index (χ3v) is 3.97. The fourth-order valence-corrected chi connectivity index (χ4v) is 2.98. The minimum atomic E-state index is 0.709. The van der Waals surface area contributed by atoms with Crippen LogP contribution in [-0.2, 0) is 18.8 Å². The summed E-state index contributed by atoms with van der Waals surface area (Å²) in [4.78, 5) is 0. The maximum atomic E-state index is 5.88. The summed E-state index contributed by atoms with van der Waals surface area (Å²) in [6.07, 6.45) is 9.32. The molecule has 0 bridgehead atoms. The van der Waals surface area contributed by atoms with Crippen molar-refractivity contribution in [2.45, 2.75) is 44.9 Å². The molecule has 0 saturated heterocycles. The van der Waals surface area contributed by atoms with Crippen molar-refractivity contribution < 1.29 is 0 Å². The van der Waals surface area contributed by atoms with Crippen LogP contribution in [0.25, 0.3) is 0 Å². The van der Waals surface area contributed by atoms with Crippen LogP contribution in [0.5, 0.6) is 0 Å². The normalized spacial score (nSPS) is 16.9. The van der Waals surface area contributed by atoms with Crippen LogP contribution < -0.4 is 5.73 Å². The minimum absolute atomic E-state index is 0.709. The molecule has 1 aliphatic carbocycles. The van der Waals surface area contributed by atoms with Crippen LogP contribution in [-0.4, -0.2) is 0 Å². The van der Waals surface area contributed by atoms with Crippen LogP contribution in [0.15, 0.2) is 22.6 Å². The number of nitrogen functional groups attached to an aromatic ring is 1. The Hall–Kier alpha value is -0.960. The molecule has 92 valence electrons. The first-order valence-electron chi connectivity index (χ1n) is 6.52. The highest BCUT2D eigenvalue weighted by atomic mass is 32.1. The highest BCUT2D eigenvalue weighted by Gasteiger charge is 2.14. The Morgan fingerprint density at radius 3 is 2.71 bits per heavy atom. The molecular weight excluding hydrogens is 228 g/mol. The zero-order valence-corrected chi connectivity index (χ0v) is 11.0. The summed E-state index contributed by atoms with van der Waals surface area (Å²) in [6, 6.07) is 5.97. The first-order chi connectivity index (χ1) is 8.31. The molecular formula is C14H20N2S. The molecule has 3 heteroatoms. The van der Waals surface area contributed by atoms with Gasteiger partial charge < -0.3 is 5.73 Å². The number of aryl methyl sites for hydroxylation is 1. The molecule has 0 unspecified atom stereocenters. The topological polar surface area (TPSA) is 38.4 Å². The average Bonchev–Trinajstić information content (AvgIpc) is 2.37. The van der Waals surface area contributed by atoms with E-state index in [4.69, 9.17) is 18.2 Å². The standard InChI is InChI=1S/C14H20N2S/c15-13-8-4-7-12(14(13)16-17)10-9-11-5-2-1-3-6-11/h4,7-8,11H,1-3,5-6,9-10,15H2. The lowest BCUT2D eigenvalue weighted by atomic mass is 9.85. The molecule has 1 aliphatic rings. The largest absolute Gasteiger partial charge is 0.397 e. The third-order valence-electron chi connectivity index (χ3n) is 3.79. The molecule has 1 aromatic carbocycles. The molecule has 0 amide bonds. The van der Waals surface area contributed by atoms with Crippen LogP contribution in [0.4, 0.5) is 11.4 Å². The number of hydrogen-bond acceptors (Lipinski definition) is 3. The number of hydrogen-bond donors (Lipinski definition) is 1. The Morgan fingerprint density at radius 1 is 1.24 bits per heavy atom. The summed E-state index contributed by atoms with van der Waals surface area (Å²) >= 11 is 4.81. The van der Waals surface area contributed by atoms with E-state index in [9.17, 15) is 0 Å². The lowest BCUT2D eigenvalue weighted by Crippen LogP contribution is -2.07. The summed E-state index contributed by atoms with van der Waals surface area (Å²) < 4.78 is 3.89. The van der Waals surface area contributed by atoms with E-state index < -0.39 is 0 Å². The Bertz CT molecular complexity index is 384. The van der Waals surface area contributed by atoms with Crippen molar-refractivity contribution >= 4 is 23.8 Å². The molecule has 0 atom stereocenters. The van der Waals surface area contributed by atoms with Gasteiger partial charge in [-0.1, -0.05) is 44.2 Å². The fraction of sp³-hybridized carbons (Fsp3) is 0.571. The number of benzene rings is 1. The fourth-order valence-electron chi connectivity index (χ4n) is 2.76. The molecule has 2 N–H and O–H groups in total. The summed E-state index contributed by atoms with van der Waals surface area (Å²) in [5.74, 6) is 0.892. The Labute approximate surface area is 109 Å². The Balaban J connectivity index is 1.98. The molecule has 1 fully saturated rings. The maximum absolute atomic E-state index is 5.88. The molecule has 0 heterocycles. The molecule has 0 spiro atoms. The van der Waals surface area contributed by atoms with E-state index in [0.717, 1.165) is 18.0 Å². The lowest BCUT2D eigenvalue weighted by molar-refractivity contribution is 0.339. The second kappa shape index (κ2) is 6.10. The number of rotatable bonds is 4. The zero-order chi connectivity index (χ0) is 12.1. The van der Waals surface area contributed by atoms with Crippen LogP contribution >= 0.6 is 0 Å². The molecule has 0 aromatic heterocycles. The van der Waals surface area contributed by atoms with Crippen molar-refractivity contribution in [1.82, 2.24) is 0 Å². The molecule has 0 aliphatic heterocycles. The first-order valence-corrected chi connectivity index (χ1v) is 6.88. The van der Waals surface area contributed by atoms with Gasteiger partial charge in [0.2, 0.25) is 0 Å². The van der Waals surface area contributed by atoms with Gasteiger partial charge in [0, 0.05) is 12.4 Å². The van der Waals surface area contributed by atoms with Gasteiger partial charge in [0.15, 0.2) is 0 Å². The van der Waals surface area contributed by atoms with Gasteiger partial charge in [-0.2, -0.15) is 4.36 Å². The predicted molar refractivity (Wildman–Crippen MR) is 75.2 cm³/mol. The van der Waals surface area contributed by atoms with Crippen molar-refractivity contribution in [3.63, 3.8) is 0 Å². The number of nitrogens with two attached hydrogens (primary N) is 1. The van der Waals surface area contributed by atoms with Gasteiger partial charge in [0.05, 0.1) is 5.69 Å². The summed E-state index contributed by atoms with van der Waals surface area (Å²) in [7, 11) is 0. The van der Waals surface area contributed by atoms with E-state index in [1.807, 2.05) is 12.1 Å². The molecule has 2 rings (SSSR count). The van der Waals surface area contributed by atoms with E-state index in [0.29, 0.717) is 5.69 Å². The van der Waals surface area contributed by atoms with Crippen LogP contribution in [0.3, 0.4) is 0 Å². The van der Waals surface area contributed by atoms with Gasteiger partial charge in [0.1, 0.15) is 5.69 Å². The van der Waals surface area contributed by atoms with Crippen LogP contribution in [0.2, 0.25) is 0 Å². The van der Waals surface area contributed by atoms with E-state index in [-0.39, 0.29) is 0 Å². The van der Waals surface area contributed by atoms with Crippen molar-refractivity contribution in [3.05, 3.63) is 23.8 Å². The number of anilines is 1. The van der Waals surface area contributed by atoms with Crippen LogP contribution in [0.1, 0.15) is 44.1 Å². The molecule has 2 nitrogen and oxygen atoms in total. The van der Waals surface area contributed by atoms with E-state index >= 15 is 0 Å². The Kier molecular flexibility index (Phi) is 4.49. The smallest absolute Gasteiger partial charge is 0.103 e. The van der Waals surface area contributed by atoms with Crippen molar-refractivity contribution in [2.24, 2.45) is 10.3 Å². The lowest BCUT2D eigenvalue weighted by Gasteiger charge is -2.21. The minimum Gasteiger partial charge on any atom is -0.397 e. The maximum Gasteiger partial charge on any atom is 0.103 e. The highest BCUT2D eigenvalue weighted by Crippen LogP contribution is 2.31. The van der Waals surface area contributed by atoms with Gasteiger partial charge >= 0.3 is 0 Å². The Morgan fingerprint density at radius 2 is 2.00 bits per heavy atom. The van der Waals surface area contributed by atoms with Gasteiger partial charge in [-0.3, -0.25) is 0 Å². The second-order valence-corrected chi connectivity index (χ2v) is 5.17. The van der Waals surface area contributed by atoms with E-state index in [2.05, 4.69) is 10.4 Å². The van der Waals surface area contributed by atoms with E-state index in [1.165, 1.54) is 44.1 Å². The molecule has 0 radical (unpaired) electrons. The van der Waals surface area contributed by atoms with Gasteiger partial charge in [0.25, 0.3) is 0 Å². The van der Waals surface area contributed by atoms with Crippen molar-refractivity contribution in [2.75, 3.05) is 5.73 Å². The quantitative estimate of drug-likeness (QED) is 0.813. The first kappa shape index (κ1) is 12.5. The van der Waals surface area contributed by atoms with Gasteiger partial charge in [-0.25, -0.2) is 0 Å². The van der Waals surface area contributed by atoms with Crippen molar-refractivity contribution in [1.29, 1.82) is 0 Å². The van der Waals surface area contributed by atoms with Gasteiger partial charge in [-0.15, -0.1) is 0 Å². The summed E-state index contributed by atoms with van der Waals surface area (Å²) in [6.45, 7) is 0. The van der Waals surface area contributed by atoms with E-state index in [1.54, 1.807) is 0 Å². The molecule has 1 aromatic rings. The molecule has 17 heavy (non-hydrogen) atoms. The van der Waals surface area contributed by atoms with Crippen LogP contribution in [0, 0.1) is 5.92 Å². The zero-order valence-electron chi connectivity index (χ0n) is 10.2. The van der Waals surface area contributed by atoms with Crippen molar-refractivity contribution in [3.8, 4) is 0 Å². The summed E-state index contributed by atoms with van der Waals surface area (Å²) in [5, 5.41) is 0. The molecule has 1 saturated carbocycles. The SMILES string of the molecule is Nc1cccc(CCC2CCCCC2)c1N=S. The van der Waals surface area contributed by atoms with Gasteiger partial charge in [-0.05, 0) is 30.4 Å².